The Morgan fingerprint density at radius 2 is 2.15 bits per heavy atom. The Bertz CT molecular complexity index is 514. The molecule has 0 saturated carbocycles. The molecule has 2 rings (SSSR count). The third kappa shape index (κ3) is 2.90. The first-order valence-electron chi connectivity index (χ1n) is 5.04. The molecule has 7 nitrogen and oxygen atoms in total. The van der Waals surface area contributed by atoms with Crippen molar-refractivity contribution in [3.05, 3.63) is 22.7 Å². The highest BCUT2D eigenvalue weighted by molar-refractivity contribution is 5.85. The van der Waals surface area contributed by atoms with Gasteiger partial charge in [-0.1, -0.05) is 7.43 Å². The third-order valence-electron chi connectivity index (χ3n) is 2.66. The van der Waals surface area contributed by atoms with E-state index in [9.17, 15) is 18.7 Å². The minimum absolute atomic E-state index is 0. The Morgan fingerprint density at radius 1 is 1.55 bits per heavy atom. The first-order valence-corrected chi connectivity index (χ1v) is 5.04. The number of nitrogens with zero attached hydrogens (tertiary/aromatic N) is 2. The first kappa shape index (κ1) is 18.7. The summed E-state index contributed by atoms with van der Waals surface area (Å²) in [6.45, 7) is -0.787. The van der Waals surface area contributed by atoms with E-state index in [2.05, 4.69) is 4.98 Å². The molecule has 0 aromatic carbocycles. The molecule has 3 unspecified atom stereocenters. The smallest absolute Gasteiger partial charge is 0.351 e. The number of aliphatic hydroxyl groups excluding tert-OH is 2. The second-order valence-electron chi connectivity index (χ2n) is 3.87. The zero-order valence-corrected chi connectivity index (χ0v) is 10.3. The Hall–Kier alpha value is -1.29. The van der Waals surface area contributed by atoms with Crippen LogP contribution in [-0.4, -0.2) is 44.5 Å². The molecule has 10 heteroatoms. The fourth-order valence-electron chi connectivity index (χ4n) is 1.72. The number of hydrogen-bond donors (Lipinski definition) is 3. The van der Waals surface area contributed by atoms with Gasteiger partial charge in [0.2, 0.25) is 6.23 Å². The number of hydrogen-bond acceptors (Lipinski definition) is 6. The van der Waals surface area contributed by atoms with Crippen LogP contribution in [0.1, 0.15) is 13.7 Å². The van der Waals surface area contributed by atoms with Gasteiger partial charge in [-0.15, -0.1) is 12.4 Å². The number of rotatable bonds is 2. The van der Waals surface area contributed by atoms with Crippen LogP contribution in [0.15, 0.2) is 17.1 Å². The Kier molecular flexibility index (Phi) is 6.02. The van der Waals surface area contributed by atoms with Crippen LogP contribution >= 0.6 is 12.4 Å². The number of anilines is 1. The lowest BCUT2D eigenvalue weighted by Gasteiger charge is -2.20. The molecular formula is C10H16ClF2N3O4. The second-order valence-corrected chi connectivity index (χ2v) is 3.87. The molecule has 1 fully saturated rings. The average Bonchev–Trinajstić information content (AvgIpc) is 2.52. The molecule has 3 atom stereocenters. The van der Waals surface area contributed by atoms with Gasteiger partial charge in [0, 0.05) is 6.20 Å². The maximum Gasteiger partial charge on any atom is 0.351 e. The van der Waals surface area contributed by atoms with E-state index in [1.807, 2.05) is 0 Å². The van der Waals surface area contributed by atoms with Crippen molar-refractivity contribution in [3.8, 4) is 0 Å². The molecule has 0 aliphatic carbocycles. The molecule has 20 heavy (non-hydrogen) atoms. The second kappa shape index (κ2) is 6.44. The Labute approximate surface area is 119 Å². The third-order valence-corrected chi connectivity index (χ3v) is 2.66. The molecule has 0 spiro atoms. The summed E-state index contributed by atoms with van der Waals surface area (Å²) in [6.07, 6.45) is -4.69. The van der Waals surface area contributed by atoms with Gasteiger partial charge in [0.15, 0.2) is 6.10 Å². The lowest BCUT2D eigenvalue weighted by molar-refractivity contribution is -0.140. The number of aliphatic hydroxyl groups is 2. The number of aromatic nitrogens is 2. The molecule has 1 aliphatic heterocycles. The zero-order chi connectivity index (χ0) is 13.5. The minimum atomic E-state index is -3.71. The molecule has 116 valence electrons. The van der Waals surface area contributed by atoms with Crippen molar-refractivity contribution in [1.82, 2.24) is 9.55 Å². The van der Waals surface area contributed by atoms with Crippen molar-refractivity contribution in [1.29, 1.82) is 0 Å². The minimum Gasteiger partial charge on any atom is -0.394 e. The van der Waals surface area contributed by atoms with Crippen LogP contribution in [0.25, 0.3) is 0 Å². The van der Waals surface area contributed by atoms with Crippen molar-refractivity contribution in [2.75, 3.05) is 12.3 Å². The van der Waals surface area contributed by atoms with Crippen LogP contribution in [0.3, 0.4) is 0 Å². The quantitative estimate of drug-likeness (QED) is 0.695. The van der Waals surface area contributed by atoms with Gasteiger partial charge < -0.3 is 20.7 Å². The van der Waals surface area contributed by atoms with E-state index in [0.29, 0.717) is 4.57 Å². The summed E-state index contributed by atoms with van der Waals surface area (Å²) in [4.78, 5) is 14.7. The SMILES string of the molecule is C.Cl.Nc1ccn(C2OC(CO)C(O)C2(F)F)c(=O)n1. The lowest BCUT2D eigenvalue weighted by Crippen LogP contribution is -2.41. The van der Waals surface area contributed by atoms with Gasteiger partial charge in [0.1, 0.15) is 11.9 Å². The monoisotopic (exact) mass is 315 g/mol. The summed E-state index contributed by atoms with van der Waals surface area (Å²) in [7, 11) is 0. The van der Waals surface area contributed by atoms with Crippen LogP contribution < -0.4 is 11.4 Å². The number of halogens is 3. The van der Waals surface area contributed by atoms with E-state index in [0.717, 1.165) is 12.3 Å². The fraction of sp³-hybridized carbons (Fsp3) is 0.600. The van der Waals surface area contributed by atoms with Crippen molar-refractivity contribution in [3.63, 3.8) is 0 Å². The van der Waals surface area contributed by atoms with E-state index in [4.69, 9.17) is 15.6 Å². The fourth-order valence-corrected chi connectivity index (χ4v) is 1.72. The zero-order valence-electron chi connectivity index (χ0n) is 9.44. The molecular weight excluding hydrogens is 300 g/mol. The van der Waals surface area contributed by atoms with E-state index in [1.54, 1.807) is 0 Å². The predicted molar refractivity (Wildman–Crippen MR) is 68.8 cm³/mol. The van der Waals surface area contributed by atoms with Gasteiger partial charge in [-0.05, 0) is 6.07 Å². The van der Waals surface area contributed by atoms with E-state index < -0.39 is 36.7 Å². The predicted octanol–water partition coefficient (Wildman–Crippen LogP) is -0.231. The topological polar surface area (TPSA) is 111 Å². The summed E-state index contributed by atoms with van der Waals surface area (Å²) in [5.74, 6) is -3.83. The van der Waals surface area contributed by atoms with Gasteiger partial charge in [-0.25, -0.2) is 4.79 Å². The standard InChI is InChI=1S/C9H11F2N3O4.CH4.ClH/c10-9(11)6(16)4(3-15)18-7(9)14-2-1-5(12)13-8(14)17;;/h1-2,4,6-7,15-16H,3H2,(H2,12,13,17);1H4;1H. The van der Waals surface area contributed by atoms with Gasteiger partial charge in [-0.3, -0.25) is 4.57 Å². The molecule has 1 aromatic rings. The maximum absolute atomic E-state index is 13.7. The van der Waals surface area contributed by atoms with Crippen LogP contribution in [0.5, 0.6) is 0 Å². The highest BCUT2D eigenvalue weighted by Gasteiger charge is 2.59. The average molecular weight is 316 g/mol. The molecule has 0 radical (unpaired) electrons. The number of alkyl halides is 2. The van der Waals surface area contributed by atoms with Crippen LogP contribution in [0.2, 0.25) is 0 Å². The van der Waals surface area contributed by atoms with Crippen LogP contribution in [-0.2, 0) is 4.74 Å². The van der Waals surface area contributed by atoms with E-state index in [1.165, 1.54) is 0 Å². The summed E-state index contributed by atoms with van der Waals surface area (Å²) in [5.41, 5.74) is 4.21. The van der Waals surface area contributed by atoms with E-state index in [-0.39, 0.29) is 25.7 Å². The van der Waals surface area contributed by atoms with Gasteiger partial charge >= 0.3 is 11.6 Å². The molecule has 2 heterocycles. The van der Waals surface area contributed by atoms with Crippen LogP contribution in [0, 0.1) is 0 Å². The Morgan fingerprint density at radius 3 is 2.60 bits per heavy atom. The first-order chi connectivity index (χ1) is 8.37. The molecule has 1 aliphatic rings. The highest BCUT2D eigenvalue weighted by Crippen LogP contribution is 2.41. The normalized spacial score (nSPS) is 27.5. The number of nitrogens with two attached hydrogens (primary N) is 1. The summed E-state index contributed by atoms with van der Waals surface area (Å²) < 4.78 is 32.7. The molecule has 4 N–H and O–H groups in total. The van der Waals surface area contributed by atoms with Crippen molar-refractivity contribution in [2.45, 2.75) is 31.8 Å². The largest absolute Gasteiger partial charge is 0.394 e. The highest BCUT2D eigenvalue weighted by atomic mass is 35.5. The summed E-state index contributed by atoms with van der Waals surface area (Å²) >= 11 is 0. The van der Waals surface area contributed by atoms with Gasteiger partial charge in [-0.2, -0.15) is 13.8 Å². The van der Waals surface area contributed by atoms with Gasteiger partial charge in [0.25, 0.3) is 0 Å². The number of nitrogen functional groups attached to an aromatic ring is 1. The maximum atomic E-state index is 13.7. The molecule has 0 bridgehead atoms. The van der Waals surface area contributed by atoms with Gasteiger partial charge in [0.05, 0.1) is 6.61 Å². The molecule has 1 aromatic heterocycles. The summed E-state index contributed by atoms with van der Waals surface area (Å²) in [6, 6.07) is 1.15. The summed E-state index contributed by atoms with van der Waals surface area (Å²) in [5, 5.41) is 18.1. The lowest BCUT2D eigenvalue weighted by atomic mass is 10.1. The number of ether oxygens (including phenoxy) is 1. The van der Waals surface area contributed by atoms with Crippen LogP contribution in [0.4, 0.5) is 14.6 Å². The van der Waals surface area contributed by atoms with Crippen molar-refractivity contribution in [2.24, 2.45) is 0 Å². The van der Waals surface area contributed by atoms with Crippen molar-refractivity contribution >= 4 is 18.2 Å². The Balaban J connectivity index is 0.00000180. The molecule has 1 saturated heterocycles. The van der Waals surface area contributed by atoms with E-state index >= 15 is 0 Å². The molecule has 0 amide bonds. The van der Waals surface area contributed by atoms with Crippen molar-refractivity contribution < 1.29 is 23.7 Å².